The van der Waals surface area contributed by atoms with E-state index in [1.54, 1.807) is 19.3 Å². The number of fused-ring (bicyclic) bond motifs is 1. The van der Waals surface area contributed by atoms with Crippen molar-refractivity contribution in [3.05, 3.63) is 66.0 Å². The van der Waals surface area contributed by atoms with Gasteiger partial charge in [-0.2, -0.15) is 5.10 Å². The van der Waals surface area contributed by atoms with Crippen molar-refractivity contribution in [2.24, 2.45) is 0 Å². The number of aromatic nitrogens is 6. The smallest absolute Gasteiger partial charge is 0.182 e. The molecule has 3 aromatic heterocycles. The zero-order valence-corrected chi connectivity index (χ0v) is 17.5. The first-order chi connectivity index (χ1) is 15.1. The molecule has 0 saturated carbocycles. The van der Waals surface area contributed by atoms with Gasteiger partial charge in [0, 0.05) is 37.2 Å². The molecule has 1 aliphatic heterocycles. The van der Waals surface area contributed by atoms with Crippen LogP contribution in [0, 0.1) is 25.5 Å². The van der Waals surface area contributed by atoms with Gasteiger partial charge >= 0.3 is 0 Å². The van der Waals surface area contributed by atoms with E-state index in [-0.39, 0.29) is 5.56 Å². The highest BCUT2D eigenvalue weighted by molar-refractivity contribution is 5.86. The van der Waals surface area contributed by atoms with Crippen LogP contribution in [0.15, 0.2) is 43.0 Å². The minimum atomic E-state index is -0.690. The highest BCUT2D eigenvalue weighted by Gasteiger charge is 2.14. The molecule has 1 fully saturated rings. The largest absolute Gasteiger partial charge is 0.381 e. The maximum atomic E-state index is 13.9. The number of halogens is 2. The van der Waals surface area contributed by atoms with Crippen LogP contribution in [-0.4, -0.2) is 43.3 Å². The Labute approximate surface area is 179 Å². The average molecular weight is 426 g/mol. The number of H-pyrrole nitrogens is 1. The molecule has 0 atom stereocenters. The predicted molar refractivity (Wildman–Crippen MR) is 113 cm³/mol. The third-order valence-electron chi connectivity index (χ3n) is 4.55. The van der Waals surface area contributed by atoms with Gasteiger partial charge in [-0.15, -0.1) is 0 Å². The van der Waals surface area contributed by atoms with E-state index in [0.29, 0.717) is 16.9 Å². The lowest BCUT2D eigenvalue weighted by atomic mass is 10.1. The van der Waals surface area contributed by atoms with Crippen LogP contribution < -0.4 is 0 Å². The molecule has 31 heavy (non-hydrogen) atoms. The first-order valence-corrected chi connectivity index (χ1v) is 9.99. The fourth-order valence-electron chi connectivity index (χ4n) is 2.82. The molecule has 162 valence electrons. The van der Waals surface area contributed by atoms with Gasteiger partial charge in [0.1, 0.15) is 29.2 Å². The first-order valence-electron chi connectivity index (χ1n) is 9.99. The molecule has 5 rings (SSSR count). The number of aromatic amines is 1. The molecular formula is C22H24F2N6O. The van der Waals surface area contributed by atoms with Crippen molar-refractivity contribution in [3.63, 3.8) is 0 Å². The van der Waals surface area contributed by atoms with E-state index in [4.69, 9.17) is 4.74 Å². The molecule has 0 bridgehead atoms. The first kappa shape index (κ1) is 22.4. The maximum Gasteiger partial charge on any atom is 0.182 e. The minimum Gasteiger partial charge on any atom is -0.381 e. The van der Waals surface area contributed by atoms with Gasteiger partial charge in [0.2, 0.25) is 0 Å². The van der Waals surface area contributed by atoms with Crippen LogP contribution >= 0.6 is 0 Å². The van der Waals surface area contributed by atoms with E-state index in [1.807, 2.05) is 13.0 Å². The number of rotatable bonds is 1. The van der Waals surface area contributed by atoms with E-state index >= 15 is 0 Å². The van der Waals surface area contributed by atoms with Crippen molar-refractivity contribution in [2.75, 3.05) is 13.2 Å². The minimum absolute atomic E-state index is 0.177. The molecule has 9 heteroatoms. The molecule has 4 aromatic rings. The van der Waals surface area contributed by atoms with E-state index in [2.05, 4.69) is 30.1 Å². The summed E-state index contributed by atoms with van der Waals surface area (Å²) in [5, 5.41) is 6.21. The molecule has 0 amide bonds. The van der Waals surface area contributed by atoms with E-state index < -0.39 is 11.6 Å². The zero-order valence-electron chi connectivity index (χ0n) is 17.5. The van der Waals surface area contributed by atoms with Crippen molar-refractivity contribution in [1.29, 1.82) is 0 Å². The fraction of sp³-hybridized carbons (Fsp3) is 0.318. The highest BCUT2D eigenvalue weighted by atomic mass is 19.1. The number of hydrogen-bond donors (Lipinski definition) is 1. The van der Waals surface area contributed by atoms with Crippen LogP contribution in [0.3, 0.4) is 0 Å². The molecule has 0 spiro atoms. The fourth-order valence-corrected chi connectivity index (χ4v) is 2.82. The Balaban J connectivity index is 0.000000201. The van der Waals surface area contributed by atoms with Crippen LogP contribution in [0.4, 0.5) is 8.78 Å². The lowest BCUT2D eigenvalue weighted by Gasteiger charge is -2.08. The Bertz CT molecular complexity index is 1070. The molecule has 4 heterocycles. The molecule has 1 N–H and O–H groups in total. The van der Waals surface area contributed by atoms with E-state index in [0.717, 1.165) is 30.7 Å². The summed E-state index contributed by atoms with van der Waals surface area (Å²) >= 11 is 0. The summed E-state index contributed by atoms with van der Waals surface area (Å²) in [6, 6.07) is 5.17. The summed E-state index contributed by atoms with van der Waals surface area (Å²) in [4.78, 5) is 16.8. The Morgan fingerprint density at radius 2 is 1.74 bits per heavy atom. The molecule has 0 aliphatic carbocycles. The number of hydrogen-bond acceptors (Lipinski definition) is 6. The van der Waals surface area contributed by atoms with Gasteiger partial charge in [-0.3, -0.25) is 5.10 Å². The second-order valence-electron chi connectivity index (χ2n) is 6.85. The predicted octanol–water partition coefficient (Wildman–Crippen LogP) is 4.58. The van der Waals surface area contributed by atoms with Gasteiger partial charge < -0.3 is 4.74 Å². The van der Waals surface area contributed by atoms with Gasteiger partial charge in [-0.05, 0) is 51.3 Å². The Hall–Kier alpha value is -3.33. The number of nitrogens with zero attached hydrogens (tertiary/aromatic N) is 5. The Kier molecular flexibility index (Phi) is 8.05. The van der Waals surface area contributed by atoms with E-state index in [9.17, 15) is 8.78 Å². The summed E-state index contributed by atoms with van der Waals surface area (Å²) in [5.41, 5.74) is 2.75. The molecule has 0 radical (unpaired) electrons. The summed E-state index contributed by atoms with van der Waals surface area (Å²) in [6.07, 6.45) is 8.68. The van der Waals surface area contributed by atoms with E-state index in [1.165, 1.54) is 37.7 Å². The summed E-state index contributed by atoms with van der Waals surface area (Å²) in [7, 11) is 0. The Morgan fingerprint density at radius 3 is 2.29 bits per heavy atom. The summed E-state index contributed by atoms with van der Waals surface area (Å²) < 4.78 is 32.0. The molecule has 1 saturated heterocycles. The van der Waals surface area contributed by atoms with Gasteiger partial charge in [0.15, 0.2) is 5.65 Å². The van der Waals surface area contributed by atoms with Crippen molar-refractivity contribution in [1.82, 2.24) is 30.1 Å². The van der Waals surface area contributed by atoms with Gasteiger partial charge in [0.05, 0.1) is 11.4 Å². The van der Waals surface area contributed by atoms with Crippen molar-refractivity contribution < 1.29 is 13.5 Å². The van der Waals surface area contributed by atoms with Crippen molar-refractivity contribution in [3.8, 4) is 11.3 Å². The lowest BCUT2D eigenvalue weighted by molar-refractivity contribution is 0.0968. The van der Waals surface area contributed by atoms with Crippen LogP contribution in [0.25, 0.3) is 22.4 Å². The quantitative estimate of drug-likeness (QED) is 0.479. The van der Waals surface area contributed by atoms with Crippen molar-refractivity contribution >= 4 is 11.2 Å². The maximum absolute atomic E-state index is 13.9. The van der Waals surface area contributed by atoms with Crippen LogP contribution in [-0.2, 0) is 4.74 Å². The van der Waals surface area contributed by atoms with Crippen LogP contribution in [0.1, 0.15) is 30.7 Å². The van der Waals surface area contributed by atoms with Crippen LogP contribution in [0.2, 0.25) is 0 Å². The molecule has 7 nitrogen and oxygen atoms in total. The number of ether oxygens (including phenoxy) is 1. The van der Waals surface area contributed by atoms with Crippen LogP contribution in [0.5, 0.6) is 0 Å². The average Bonchev–Trinajstić information content (AvgIpc) is 3.37. The standard InChI is InChI=1S/C14H10F2N4.C5H10O.C3H4N2/c1-7-8(2)20-14-13(19-7)12(17-6-18-14)10-4-3-9(15)5-11(10)16;1-2-4-6-5-3-1;1-2-4-5-3-1/h3-6H,1-2H3;1-5H2;1-3H,(H,4,5). The van der Waals surface area contributed by atoms with Gasteiger partial charge in [0.25, 0.3) is 0 Å². The lowest BCUT2D eigenvalue weighted by Crippen LogP contribution is -2.03. The van der Waals surface area contributed by atoms with Gasteiger partial charge in [-0.25, -0.2) is 28.7 Å². The normalized spacial score (nSPS) is 13.0. The molecular weight excluding hydrogens is 402 g/mol. The molecule has 0 unspecified atom stereocenters. The summed E-state index contributed by atoms with van der Waals surface area (Å²) in [6.45, 7) is 5.63. The zero-order chi connectivity index (χ0) is 22.1. The third-order valence-corrected chi connectivity index (χ3v) is 4.55. The van der Waals surface area contributed by atoms with Crippen molar-refractivity contribution in [2.45, 2.75) is 33.1 Å². The topological polar surface area (TPSA) is 89.5 Å². The summed E-state index contributed by atoms with van der Waals surface area (Å²) in [5.74, 6) is -1.33. The number of aryl methyl sites for hydroxylation is 2. The number of benzene rings is 1. The number of nitrogens with one attached hydrogen (secondary N) is 1. The second kappa shape index (κ2) is 11.2. The second-order valence-corrected chi connectivity index (χ2v) is 6.85. The molecule has 1 aromatic carbocycles. The Morgan fingerprint density at radius 1 is 0.968 bits per heavy atom. The highest BCUT2D eigenvalue weighted by Crippen LogP contribution is 2.26. The third kappa shape index (κ3) is 6.32. The monoisotopic (exact) mass is 426 g/mol. The van der Waals surface area contributed by atoms with Gasteiger partial charge in [-0.1, -0.05) is 0 Å². The SMILES string of the molecule is C1CCOCC1.Cc1nc2ncnc(-c3ccc(F)cc3F)c2nc1C.c1cn[nH]c1. The molecule has 1 aliphatic rings.